The van der Waals surface area contributed by atoms with E-state index >= 15 is 0 Å². The summed E-state index contributed by atoms with van der Waals surface area (Å²) >= 11 is 0. The second kappa shape index (κ2) is 4.30. The highest BCUT2D eigenvalue weighted by atomic mass is 16.6. The molecule has 4 nitrogen and oxygen atoms in total. The van der Waals surface area contributed by atoms with Crippen molar-refractivity contribution in [2.45, 2.75) is 19.4 Å². The van der Waals surface area contributed by atoms with E-state index in [-0.39, 0.29) is 12.2 Å². The molecule has 1 heterocycles. The first kappa shape index (κ1) is 9.32. The lowest BCUT2D eigenvalue weighted by Gasteiger charge is -2.17. The lowest BCUT2D eigenvalue weighted by Crippen LogP contribution is -2.31. The molecule has 1 unspecified atom stereocenters. The second-order valence-corrected chi connectivity index (χ2v) is 3.01. The first-order valence-corrected chi connectivity index (χ1v) is 4.36. The van der Waals surface area contributed by atoms with Crippen molar-refractivity contribution in [3.05, 3.63) is 0 Å². The summed E-state index contributed by atoms with van der Waals surface area (Å²) in [5, 5.41) is 3.14. The van der Waals surface area contributed by atoms with E-state index in [2.05, 4.69) is 5.32 Å². The maximum absolute atomic E-state index is 11.2. The van der Waals surface area contributed by atoms with E-state index in [0.717, 1.165) is 19.5 Å². The van der Waals surface area contributed by atoms with Gasteiger partial charge in [-0.05, 0) is 19.9 Å². The highest BCUT2D eigenvalue weighted by Gasteiger charge is 2.19. The number of carbonyl (C=O) groups excluding carboxylic acids is 1. The summed E-state index contributed by atoms with van der Waals surface area (Å²) in [6, 6.07) is 0. The van der Waals surface area contributed by atoms with Crippen LogP contribution in [-0.2, 0) is 4.74 Å². The van der Waals surface area contributed by atoms with Crippen molar-refractivity contribution in [3.8, 4) is 0 Å². The molecule has 70 valence electrons. The molecule has 1 saturated heterocycles. The van der Waals surface area contributed by atoms with Crippen molar-refractivity contribution in [1.82, 2.24) is 10.2 Å². The molecule has 1 amide bonds. The molecule has 1 N–H and O–H groups in total. The minimum absolute atomic E-state index is 0.0755. The van der Waals surface area contributed by atoms with Crippen molar-refractivity contribution in [3.63, 3.8) is 0 Å². The van der Waals surface area contributed by atoms with Gasteiger partial charge in [-0.1, -0.05) is 0 Å². The number of carbonyl (C=O) groups is 1. The topological polar surface area (TPSA) is 41.6 Å². The SMILES string of the molecule is CCN(C)C(=O)OC1CCNC1. The summed E-state index contributed by atoms with van der Waals surface area (Å²) in [7, 11) is 1.74. The molecule has 1 atom stereocenters. The van der Waals surface area contributed by atoms with Crippen molar-refractivity contribution in [1.29, 1.82) is 0 Å². The summed E-state index contributed by atoms with van der Waals surface area (Å²) in [5.41, 5.74) is 0. The molecule has 1 fully saturated rings. The van der Waals surface area contributed by atoms with Crippen LogP contribution in [0, 0.1) is 0 Å². The van der Waals surface area contributed by atoms with Gasteiger partial charge in [0.1, 0.15) is 6.10 Å². The van der Waals surface area contributed by atoms with E-state index in [1.807, 2.05) is 6.92 Å². The van der Waals surface area contributed by atoms with Gasteiger partial charge in [0.2, 0.25) is 0 Å². The van der Waals surface area contributed by atoms with Crippen LogP contribution in [0.3, 0.4) is 0 Å². The van der Waals surface area contributed by atoms with E-state index in [1.165, 1.54) is 0 Å². The third-order valence-electron chi connectivity index (χ3n) is 2.07. The van der Waals surface area contributed by atoms with Crippen LogP contribution in [-0.4, -0.2) is 43.8 Å². The van der Waals surface area contributed by atoms with Crippen LogP contribution in [0.4, 0.5) is 4.79 Å². The third kappa shape index (κ3) is 2.37. The second-order valence-electron chi connectivity index (χ2n) is 3.01. The lowest BCUT2D eigenvalue weighted by atomic mass is 10.3. The number of hydrogen-bond donors (Lipinski definition) is 1. The van der Waals surface area contributed by atoms with Gasteiger partial charge in [0.25, 0.3) is 0 Å². The summed E-state index contributed by atoms with van der Waals surface area (Å²) in [4.78, 5) is 12.8. The van der Waals surface area contributed by atoms with Gasteiger partial charge in [0.15, 0.2) is 0 Å². The number of nitrogens with one attached hydrogen (secondary N) is 1. The first-order valence-electron chi connectivity index (χ1n) is 4.36. The van der Waals surface area contributed by atoms with Gasteiger partial charge < -0.3 is 15.0 Å². The predicted octanol–water partition coefficient (Wildman–Crippen LogP) is 0.437. The molecule has 1 rings (SSSR count). The van der Waals surface area contributed by atoms with Crippen LogP contribution < -0.4 is 5.32 Å². The van der Waals surface area contributed by atoms with Crippen LogP contribution in [0.15, 0.2) is 0 Å². The van der Waals surface area contributed by atoms with Gasteiger partial charge in [0, 0.05) is 20.1 Å². The number of nitrogens with zero attached hydrogens (tertiary/aromatic N) is 1. The highest BCUT2D eigenvalue weighted by molar-refractivity contribution is 5.67. The molecule has 1 aliphatic rings. The van der Waals surface area contributed by atoms with Crippen molar-refractivity contribution in [2.75, 3.05) is 26.7 Å². The van der Waals surface area contributed by atoms with E-state index < -0.39 is 0 Å². The van der Waals surface area contributed by atoms with E-state index in [4.69, 9.17) is 4.74 Å². The zero-order valence-electron chi connectivity index (χ0n) is 7.67. The number of amides is 1. The number of rotatable bonds is 2. The van der Waals surface area contributed by atoms with Gasteiger partial charge in [-0.15, -0.1) is 0 Å². The number of hydrogen-bond acceptors (Lipinski definition) is 3. The standard InChI is InChI=1S/C8H16N2O2/c1-3-10(2)8(11)12-7-4-5-9-6-7/h7,9H,3-6H2,1-2H3. The summed E-state index contributed by atoms with van der Waals surface area (Å²) in [5.74, 6) is 0. The molecule has 0 aromatic rings. The Labute approximate surface area is 72.9 Å². The predicted molar refractivity (Wildman–Crippen MR) is 46.1 cm³/mol. The van der Waals surface area contributed by atoms with E-state index in [1.54, 1.807) is 11.9 Å². The van der Waals surface area contributed by atoms with Crippen LogP contribution in [0.5, 0.6) is 0 Å². The minimum Gasteiger partial charge on any atom is -0.445 e. The van der Waals surface area contributed by atoms with Crippen molar-refractivity contribution >= 4 is 6.09 Å². The summed E-state index contributed by atoms with van der Waals surface area (Å²) in [6.07, 6.45) is 0.793. The molecule has 4 heteroatoms. The van der Waals surface area contributed by atoms with Crippen LogP contribution in [0.1, 0.15) is 13.3 Å². The molecule has 0 bridgehead atoms. The Hall–Kier alpha value is -0.770. The van der Waals surface area contributed by atoms with Crippen molar-refractivity contribution in [2.24, 2.45) is 0 Å². The first-order chi connectivity index (χ1) is 5.74. The van der Waals surface area contributed by atoms with Gasteiger partial charge >= 0.3 is 6.09 Å². The Morgan fingerprint density at radius 2 is 2.50 bits per heavy atom. The molecule has 1 aliphatic heterocycles. The van der Waals surface area contributed by atoms with Crippen LogP contribution >= 0.6 is 0 Å². The molecule has 0 aromatic heterocycles. The van der Waals surface area contributed by atoms with E-state index in [9.17, 15) is 4.79 Å². The average Bonchev–Trinajstić information content (AvgIpc) is 2.55. The van der Waals surface area contributed by atoms with Gasteiger partial charge in [0.05, 0.1) is 0 Å². The monoisotopic (exact) mass is 172 g/mol. The third-order valence-corrected chi connectivity index (χ3v) is 2.07. The Morgan fingerprint density at radius 3 is 3.00 bits per heavy atom. The zero-order valence-corrected chi connectivity index (χ0v) is 7.67. The molecular weight excluding hydrogens is 156 g/mol. The Bertz CT molecular complexity index is 155. The van der Waals surface area contributed by atoms with Gasteiger partial charge in [-0.25, -0.2) is 4.79 Å². The molecule has 12 heavy (non-hydrogen) atoms. The Kier molecular flexibility index (Phi) is 3.34. The molecule has 0 spiro atoms. The molecule has 0 aliphatic carbocycles. The number of ether oxygens (including phenoxy) is 1. The van der Waals surface area contributed by atoms with Gasteiger partial charge in [-0.3, -0.25) is 0 Å². The highest BCUT2D eigenvalue weighted by Crippen LogP contribution is 2.04. The van der Waals surface area contributed by atoms with Crippen LogP contribution in [0.25, 0.3) is 0 Å². The van der Waals surface area contributed by atoms with E-state index in [0.29, 0.717) is 6.54 Å². The average molecular weight is 172 g/mol. The molecule has 0 aromatic carbocycles. The molecular formula is C8H16N2O2. The summed E-state index contributed by atoms with van der Waals surface area (Å²) in [6.45, 7) is 4.37. The quantitative estimate of drug-likeness (QED) is 0.657. The maximum atomic E-state index is 11.2. The van der Waals surface area contributed by atoms with Crippen molar-refractivity contribution < 1.29 is 9.53 Å². The Balaban J connectivity index is 2.25. The fraction of sp³-hybridized carbons (Fsp3) is 0.875. The molecule has 0 saturated carbocycles. The van der Waals surface area contributed by atoms with Gasteiger partial charge in [-0.2, -0.15) is 0 Å². The Morgan fingerprint density at radius 1 is 1.75 bits per heavy atom. The summed E-state index contributed by atoms with van der Waals surface area (Å²) < 4.78 is 5.19. The minimum atomic E-state index is -0.216. The largest absolute Gasteiger partial charge is 0.445 e. The fourth-order valence-corrected chi connectivity index (χ4v) is 1.09. The zero-order chi connectivity index (χ0) is 8.97. The fourth-order valence-electron chi connectivity index (χ4n) is 1.09. The molecule has 0 radical (unpaired) electrons. The lowest BCUT2D eigenvalue weighted by molar-refractivity contribution is 0.0785. The normalized spacial score (nSPS) is 22.3. The smallest absolute Gasteiger partial charge is 0.409 e. The van der Waals surface area contributed by atoms with Crippen LogP contribution in [0.2, 0.25) is 0 Å². The maximum Gasteiger partial charge on any atom is 0.409 e.